The maximum atomic E-state index is 3.81. The molecule has 0 aromatic heterocycles. The average molecular weight is 214 g/mol. The van der Waals surface area contributed by atoms with Crippen LogP contribution in [0.25, 0.3) is 0 Å². The topological polar surface area (TPSA) is 24.1 Å². The maximum absolute atomic E-state index is 3.81. The number of hydrogen-bond donors (Lipinski definition) is 2. The van der Waals surface area contributed by atoms with Crippen molar-refractivity contribution >= 4 is 11.8 Å². The molecule has 0 bridgehead atoms. The summed E-state index contributed by atoms with van der Waals surface area (Å²) < 4.78 is 0. The molecule has 2 heterocycles. The zero-order valence-electron chi connectivity index (χ0n) is 9.25. The predicted octanol–water partition coefficient (Wildman–Crippen LogP) is 1.61. The Morgan fingerprint density at radius 2 is 2.21 bits per heavy atom. The van der Waals surface area contributed by atoms with Gasteiger partial charge in [-0.05, 0) is 32.7 Å². The van der Waals surface area contributed by atoms with Gasteiger partial charge in [-0.2, -0.15) is 11.8 Å². The number of nitrogens with one attached hydrogen (secondary N) is 2. The lowest BCUT2D eigenvalue weighted by Gasteiger charge is -2.33. The highest BCUT2D eigenvalue weighted by molar-refractivity contribution is 8.00. The Balaban J connectivity index is 1.78. The van der Waals surface area contributed by atoms with Gasteiger partial charge in [-0.25, -0.2) is 0 Å². The van der Waals surface area contributed by atoms with Gasteiger partial charge in [0.2, 0.25) is 0 Å². The summed E-state index contributed by atoms with van der Waals surface area (Å²) in [5, 5.41) is 8.22. The van der Waals surface area contributed by atoms with Crippen LogP contribution in [0.5, 0.6) is 0 Å². The summed E-state index contributed by atoms with van der Waals surface area (Å²) in [6.07, 6.45) is 4.04. The molecule has 0 spiro atoms. The van der Waals surface area contributed by atoms with E-state index in [-0.39, 0.29) is 0 Å². The molecule has 2 aliphatic heterocycles. The van der Waals surface area contributed by atoms with E-state index in [2.05, 4.69) is 36.2 Å². The molecular formula is C11H22N2S. The molecule has 0 aromatic rings. The maximum Gasteiger partial charge on any atom is 0.0221 e. The zero-order valence-corrected chi connectivity index (χ0v) is 10.1. The Bertz CT molecular complexity index is 186. The van der Waals surface area contributed by atoms with E-state index in [1.54, 1.807) is 0 Å². The van der Waals surface area contributed by atoms with Gasteiger partial charge in [0.1, 0.15) is 0 Å². The summed E-state index contributed by atoms with van der Waals surface area (Å²) in [5.74, 6) is 1.31. The minimum Gasteiger partial charge on any atom is -0.313 e. The van der Waals surface area contributed by atoms with Crippen LogP contribution in [0.2, 0.25) is 0 Å². The minimum atomic E-state index is 0.657. The fraction of sp³-hybridized carbons (Fsp3) is 1.00. The number of hydrogen-bond acceptors (Lipinski definition) is 3. The van der Waals surface area contributed by atoms with E-state index in [0.29, 0.717) is 12.1 Å². The number of rotatable bonds is 2. The molecule has 0 saturated carbocycles. The Hall–Kier alpha value is 0.270. The third-order valence-corrected chi connectivity index (χ3v) is 4.77. The van der Waals surface area contributed by atoms with Crippen molar-refractivity contribution in [3.63, 3.8) is 0 Å². The van der Waals surface area contributed by atoms with Crippen LogP contribution in [-0.2, 0) is 0 Å². The molecule has 0 aliphatic carbocycles. The summed E-state index contributed by atoms with van der Waals surface area (Å²) in [7, 11) is 0. The molecule has 14 heavy (non-hydrogen) atoms. The van der Waals surface area contributed by atoms with E-state index in [9.17, 15) is 0 Å². The van der Waals surface area contributed by atoms with Gasteiger partial charge >= 0.3 is 0 Å². The van der Waals surface area contributed by atoms with E-state index in [1.165, 1.54) is 31.6 Å². The van der Waals surface area contributed by atoms with E-state index < -0.39 is 0 Å². The van der Waals surface area contributed by atoms with Crippen molar-refractivity contribution in [3.8, 4) is 0 Å². The normalized spacial score (nSPS) is 44.1. The SMILES string of the molecule is CC1CC(NC2CCCNC2C)CS1. The highest BCUT2D eigenvalue weighted by atomic mass is 32.2. The van der Waals surface area contributed by atoms with Crippen molar-refractivity contribution in [2.75, 3.05) is 12.3 Å². The Kier molecular flexibility index (Phi) is 3.74. The Labute approximate surface area is 91.6 Å². The summed E-state index contributed by atoms with van der Waals surface area (Å²) in [4.78, 5) is 0. The molecule has 3 heteroatoms. The summed E-state index contributed by atoms with van der Waals surface area (Å²) in [6, 6.07) is 2.13. The molecule has 2 fully saturated rings. The minimum absolute atomic E-state index is 0.657. The summed E-state index contributed by atoms with van der Waals surface area (Å²) in [5.41, 5.74) is 0. The van der Waals surface area contributed by atoms with Gasteiger partial charge in [-0.1, -0.05) is 6.92 Å². The highest BCUT2D eigenvalue weighted by Gasteiger charge is 2.27. The van der Waals surface area contributed by atoms with Crippen LogP contribution in [0.15, 0.2) is 0 Å². The Morgan fingerprint density at radius 3 is 2.86 bits per heavy atom. The third kappa shape index (κ3) is 2.65. The van der Waals surface area contributed by atoms with E-state index in [0.717, 1.165) is 11.3 Å². The lowest BCUT2D eigenvalue weighted by atomic mass is 9.98. The van der Waals surface area contributed by atoms with Gasteiger partial charge < -0.3 is 10.6 Å². The van der Waals surface area contributed by atoms with Crippen LogP contribution in [-0.4, -0.2) is 35.7 Å². The molecule has 82 valence electrons. The van der Waals surface area contributed by atoms with Crippen LogP contribution < -0.4 is 10.6 Å². The number of thioether (sulfide) groups is 1. The molecule has 2 saturated heterocycles. The third-order valence-electron chi connectivity index (χ3n) is 3.41. The van der Waals surface area contributed by atoms with Crippen LogP contribution >= 0.6 is 11.8 Å². The average Bonchev–Trinajstić information content (AvgIpc) is 2.56. The van der Waals surface area contributed by atoms with Crippen molar-refractivity contribution in [3.05, 3.63) is 0 Å². The van der Waals surface area contributed by atoms with Crippen LogP contribution in [0, 0.1) is 0 Å². The van der Waals surface area contributed by atoms with Gasteiger partial charge in [-0.3, -0.25) is 0 Å². The fourth-order valence-electron chi connectivity index (χ4n) is 2.51. The molecule has 0 amide bonds. The van der Waals surface area contributed by atoms with E-state index in [1.807, 2.05) is 0 Å². The van der Waals surface area contributed by atoms with Crippen LogP contribution in [0.4, 0.5) is 0 Å². The van der Waals surface area contributed by atoms with Gasteiger partial charge in [-0.15, -0.1) is 0 Å². The van der Waals surface area contributed by atoms with Gasteiger partial charge in [0.05, 0.1) is 0 Å². The summed E-state index contributed by atoms with van der Waals surface area (Å²) in [6.45, 7) is 5.85. The predicted molar refractivity (Wildman–Crippen MR) is 63.9 cm³/mol. The summed E-state index contributed by atoms with van der Waals surface area (Å²) >= 11 is 2.11. The first kappa shape index (κ1) is 10.8. The molecule has 4 unspecified atom stereocenters. The zero-order chi connectivity index (χ0) is 9.97. The smallest absolute Gasteiger partial charge is 0.0221 e. The largest absolute Gasteiger partial charge is 0.313 e. The van der Waals surface area contributed by atoms with Crippen LogP contribution in [0.1, 0.15) is 33.1 Å². The lowest BCUT2D eigenvalue weighted by Crippen LogP contribution is -2.53. The van der Waals surface area contributed by atoms with Crippen molar-refractivity contribution in [2.24, 2.45) is 0 Å². The molecule has 2 aliphatic rings. The second kappa shape index (κ2) is 4.86. The second-order valence-corrected chi connectivity index (χ2v) is 6.21. The molecular weight excluding hydrogens is 192 g/mol. The standard InChI is InChI=1S/C11H22N2S/c1-8-6-10(7-14-8)13-11-4-3-5-12-9(11)2/h8-13H,3-7H2,1-2H3. The molecule has 0 radical (unpaired) electrons. The molecule has 4 atom stereocenters. The molecule has 2 nitrogen and oxygen atoms in total. The molecule has 2 rings (SSSR count). The number of piperidine rings is 1. The molecule has 2 N–H and O–H groups in total. The van der Waals surface area contributed by atoms with Crippen molar-refractivity contribution in [1.82, 2.24) is 10.6 Å². The van der Waals surface area contributed by atoms with Gasteiger partial charge in [0.25, 0.3) is 0 Å². The van der Waals surface area contributed by atoms with Crippen LogP contribution in [0.3, 0.4) is 0 Å². The molecule has 0 aromatic carbocycles. The van der Waals surface area contributed by atoms with Gasteiger partial charge in [0, 0.05) is 29.1 Å². The fourth-order valence-corrected chi connectivity index (χ4v) is 3.67. The van der Waals surface area contributed by atoms with E-state index in [4.69, 9.17) is 0 Å². The van der Waals surface area contributed by atoms with Crippen molar-refractivity contribution in [1.29, 1.82) is 0 Å². The Morgan fingerprint density at radius 1 is 1.36 bits per heavy atom. The van der Waals surface area contributed by atoms with Gasteiger partial charge in [0.15, 0.2) is 0 Å². The first-order valence-corrected chi connectivity index (χ1v) is 6.91. The highest BCUT2D eigenvalue weighted by Crippen LogP contribution is 2.26. The van der Waals surface area contributed by atoms with Crippen molar-refractivity contribution in [2.45, 2.75) is 56.5 Å². The first-order valence-electron chi connectivity index (χ1n) is 5.86. The van der Waals surface area contributed by atoms with E-state index >= 15 is 0 Å². The van der Waals surface area contributed by atoms with Crippen molar-refractivity contribution < 1.29 is 0 Å². The monoisotopic (exact) mass is 214 g/mol. The lowest BCUT2D eigenvalue weighted by molar-refractivity contribution is 0.295. The quantitative estimate of drug-likeness (QED) is 0.730. The first-order chi connectivity index (χ1) is 6.75. The second-order valence-electron chi connectivity index (χ2n) is 4.73.